The van der Waals surface area contributed by atoms with Crippen LogP contribution in [0.5, 0.6) is 0 Å². The van der Waals surface area contributed by atoms with E-state index in [0.29, 0.717) is 12.0 Å². The summed E-state index contributed by atoms with van der Waals surface area (Å²) in [6.07, 6.45) is 5.96. The topological polar surface area (TPSA) is 75.9 Å². The lowest BCUT2D eigenvalue weighted by Crippen LogP contribution is -2.60. The van der Waals surface area contributed by atoms with Crippen LogP contribution in [0.25, 0.3) is 11.3 Å². The highest BCUT2D eigenvalue weighted by atomic mass is 15.1. The molecule has 2 aromatic rings. The number of nitrogens with one attached hydrogen (secondary N) is 2. The summed E-state index contributed by atoms with van der Waals surface area (Å²) in [5.74, 6) is 0.707. The van der Waals surface area contributed by atoms with Crippen LogP contribution in [0.3, 0.4) is 0 Å². The van der Waals surface area contributed by atoms with E-state index < -0.39 is 0 Å². The van der Waals surface area contributed by atoms with Crippen LogP contribution in [0.4, 0.5) is 5.95 Å². The first-order valence-corrected chi connectivity index (χ1v) is 9.95. The number of hydrogen-bond acceptors (Lipinski definition) is 5. The molecule has 27 heavy (non-hydrogen) atoms. The van der Waals surface area contributed by atoms with Crippen molar-refractivity contribution in [2.75, 3.05) is 11.9 Å². The Kier molecular flexibility index (Phi) is 5.82. The zero-order valence-corrected chi connectivity index (χ0v) is 17.0. The molecule has 0 spiro atoms. The van der Waals surface area contributed by atoms with Gasteiger partial charge in [0.25, 0.3) is 0 Å². The van der Waals surface area contributed by atoms with Crippen LogP contribution in [0.15, 0.2) is 36.5 Å². The second-order valence-corrected chi connectivity index (χ2v) is 9.00. The van der Waals surface area contributed by atoms with Gasteiger partial charge >= 0.3 is 0 Å². The molecule has 5 nitrogen and oxygen atoms in total. The lowest BCUT2D eigenvalue weighted by Gasteiger charge is -2.46. The van der Waals surface area contributed by atoms with E-state index in [9.17, 15) is 0 Å². The molecular weight excluding hydrogens is 334 g/mol. The first-order valence-electron chi connectivity index (χ1n) is 9.95. The number of benzene rings is 1. The Balaban J connectivity index is 1.72. The fourth-order valence-electron chi connectivity index (χ4n) is 4.34. The van der Waals surface area contributed by atoms with Crippen molar-refractivity contribution in [3.8, 4) is 11.3 Å². The second kappa shape index (κ2) is 7.95. The minimum absolute atomic E-state index is 0.0936. The highest BCUT2D eigenvalue weighted by molar-refractivity contribution is 5.60. The van der Waals surface area contributed by atoms with Gasteiger partial charge < -0.3 is 16.4 Å². The van der Waals surface area contributed by atoms with Gasteiger partial charge in [0.05, 0.1) is 5.69 Å². The molecule has 3 rings (SSSR count). The summed E-state index contributed by atoms with van der Waals surface area (Å²) >= 11 is 0. The van der Waals surface area contributed by atoms with E-state index in [1.54, 1.807) is 0 Å². The Hall–Kier alpha value is -1.98. The molecule has 0 atom stereocenters. The molecule has 1 aliphatic heterocycles. The molecule has 0 bridgehead atoms. The SMILES string of the molecule is CC1(C)CC(Nc2nccc(-c3ccc(CCCN)cc3)n2)CC(C)(C)N1. The quantitative estimate of drug-likeness (QED) is 0.725. The molecule has 1 saturated heterocycles. The van der Waals surface area contributed by atoms with E-state index in [0.717, 1.165) is 43.5 Å². The zero-order chi connectivity index (χ0) is 19.5. The van der Waals surface area contributed by atoms with Gasteiger partial charge in [0.1, 0.15) is 0 Å². The third-order valence-electron chi connectivity index (χ3n) is 5.10. The van der Waals surface area contributed by atoms with Crippen LogP contribution >= 0.6 is 0 Å². The minimum Gasteiger partial charge on any atom is -0.351 e. The van der Waals surface area contributed by atoms with Crippen LogP contribution in [-0.4, -0.2) is 33.6 Å². The molecule has 0 aliphatic carbocycles. The van der Waals surface area contributed by atoms with E-state index in [2.05, 4.69) is 67.6 Å². The number of rotatable bonds is 6. The maximum atomic E-state index is 5.60. The van der Waals surface area contributed by atoms with Gasteiger partial charge in [0, 0.05) is 28.9 Å². The first-order chi connectivity index (χ1) is 12.8. The minimum atomic E-state index is 0.0936. The van der Waals surface area contributed by atoms with E-state index in [1.165, 1.54) is 5.56 Å². The largest absolute Gasteiger partial charge is 0.351 e. The molecular formula is C22H33N5. The molecule has 1 aromatic carbocycles. The van der Waals surface area contributed by atoms with Gasteiger partial charge in [-0.25, -0.2) is 9.97 Å². The number of hydrogen-bond donors (Lipinski definition) is 3. The summed E-state index contributed by atoms with van der Waals surface area (Å²) in [6.45, 7) is 9.75. The van der Waals surface area contributed by atoms with Crippen molar-refractivity contribution in [1.82, 2.24) is 15.3 Å². The van der Waals surface area contributed by atoms with Gasteiger partial charge in [0.15, 0.2) is 0 Å². The number of nitrogens with zero attached hydrogens (tertiary/aromatic N) is 2. The zero-order valence-electron chi connectivity index (χ0n) is 17.0. The Morgan fingerprint density at radius 3 is 2.37 bits per heavy atom. The molecule has 4 N–H and O–H groups in total. The van der Waals surface area contributed by atoms with Gasteiger partial charge in [-0.3, -0.25) is 0 Å². The van der Waals surface area contributed by atoms with Gasteiger partial charge in [-0.1, -0.05) is 24.3 Å². The van der Waals surface area contributed by atoms with Gasteiger partial charge in [-0.05, 0) is 71.6 Å². The van der Waals surface area contributed by atoms with Crippen molar-refractivity contribution >= 4 is 5.95 Å². The molecule has 5 heteroatoms. The molecule has 2 heterocycles. The smallest absolute Gasteiger partial charge is 0.223 e. The molecule has 1 aromatic heterocycles. The molecule has 0 saturated carbocycles. The van der Waals surface area contributed by atoms with Gasteiger partial charge in [-0.2, -0.15) is 0 Å². The Morgan fingerprint density at radius 1 is 1.07 bits per heavy atom. The Labute approximate surface area is 163 Å². The summed E-state index contributed by atoms with van der Waals surface area (Å²) in [4.78, 5) is 9.22. The average Bonchev–Trinajstić information content (AvgIpc) is 2.58. The number of piperidine rings is 1. The summed E-state index contributed by atoms with van der Waals surface area (Å²) in [5, 5.41) is 7.28. The highest BCUT2D eigenvalue weighted by Crippen LogP contribution is 2.30. The number of aromatic nitrogens is 2. The third-order valence-corrected chi connectivity index (χ3v) is 5.10. The molecule has 0 unspecified atom stereocenters. The second-order valence-electron chi connectivity index (χ2n) is 9.00. The Bertz CT molecular complexity index is 736. The van der Waals surface area contributed by atoms with Gasteiger partial charge in [-0.15, -0.1) is 0 Å². The summed E-state index contributed by atoms with van der Waals surface area (Å²) in [7, 11) is 0. The predicted molar refractivity (Wildman–Crippen MR) is 113 cm³/mol. The normalized spacial score (nSPS) is 19.0. The van der Waals surface area contributed by atoms with Crippen molar-refractivity contribution in [2.24, 2.45) is 5.73 Å². The van der Waals surface area contributed by atoms with Crippen LogP contribution < -0.4 is 16.4 Å². The van der Waals surface area contributed by atoms with Crippen LogP contribution in [0.2, 0.25) is 0 Å². The summed E-state index contributed by atoms with van der Waals surface area (Å²) in [6, 6.07) is 10.9. The van der Waals surface area contributed by atoms with Crippen molar-refractivity contribution in [3.05, 3.63) is 42.1 Å². The van der Waals surface area contributed by atoms with Gasteiger partial charge in [0.2, 0.25) is 5.95 Å². The van der Waals surface area contributed by atoms with E-state index >= 15 is 0 Å². The monoisotopic (exact) mass is 367 g/mol. The van der Waals surface area contributed by atoms with Crippen LogP contribution in [0, 0.1) is 0 Å². The van der Waals surface area contributed by atoms with Crippen molar-refractivity contribution < 1.29 is 0 Å². The number of nitrogens with two attached hydrogens (primary N) is 1. The van der Waals surface area contributed by atoms with Crippen molar-refractivity contribution in [1.29, 1.82) is 0 Å². The first kappa shape index (κ1) is 19.8. The van der Waals surface area contributed by atoms with Crippen molar-refractivity contribution in [2.45, 2.75) is 70.5 Å². The third kappa shape index (κ3) is 5.50. The maximum Gasteiger partial charge on any atom is 0.223 e. The van der Waals surface area contributed by atoms with Crippen LogP contribution in [0.1, 0.15) is 52.5 Å². The van der Waals surface area contributed by atoms with E-state index in [4.69, 9.17) is 10.7 Å². The molecule has 1 aliphatic rings. The molecule has 1 fully saturated rings. The van der Waals surface area contributed by atoms with Crippen molar-refractivity contribution in [3.63, 3.8) is 0 Å². The van der Waals surface area contributed by atoms with E-state index in [-0.39, 0.29) is 11.1 Å². The number of anilines is 1. The fraction of sp³-hybridized carbons (Fsp3) is 0.545. The maximum absolute atomic E-state index is 5.60. The molecule has 0 radical (unpaired) electrons. The molecule has 0 amide bonds. The van der Waals surface area contributed by atoms with Crippen LogP contribution in [-0.2, 0) is 6.42 Å². The van der Waals surface area contributed by atoms with E-state index in [1.807, 2.05) is 12.3 Å². The lowest BCUT2D eigenvalue weighted by molar-refractivity contribution is 0.170. The summed E-state index contributed by atoms with van der Waals surface area (Å²) < 4.78 is 0. The average molecular weight is 368 g/mol. The highest BCUT2D eigenvalue weighted by Gasteiger charge is 2.37. The fourth-order valence-corrected chi connectivity index (χ4v) is 4.34. The Morgan fingerprint density at radius 2 is 1.74 bits per heavy atom. The predicted octanol–water partition coefficient (Wildman–Crippen LogP) is 3.76. The standard InChI is InChI=1S/C22H33N5/c1-21(2)14-18(15-22(3,4)27-21)25-20-24-13-11-19(26-20)17-9-7-16(8-10-17)6-5-12-23/h7-11,13,18,27H,5-6,12,14-15,23H2,1-4H3,(H,24,25,26). The molecule has 146 valence electrons. The number of aryl methyl sites for hydroxylation is 1. The lowest BCUT2D eigenvalue weighted by atomic mass is 9.80. The summed E-state index contributed by atoms with van der Waals surface area (Å²) in [5.41, 5.74) is 9.16.